The molecule has 4 nitrogen and oxygen atoms in total. The van der Waals surface area contributed by atoms with Crippen LogP contribution in [0, 0.1) is 0 Å². The van der Waals surface area contributed by atoms with Crippen LogP contribution in [0.15, 0.2) is 48.7 Å². The zero-order valence-electron chi connectivity index (χ0n) is 13.5. The van der Waals surface area contributed by atoms with Crippen molar-refractivity contribution >= 4 is 41.0 Å². The fourth-order valence-electron chi connectivity index (χ4n) is 2.69. The van der Waals surface area contributed by atoms with Gasteiger partial charge in [0.05, 0.1) is 11.4 Å². The Labute approximate surface area is 158 Å². The number of para-hydroxylation sites is 1. The number of anilines is 2. The first-order valence-electron chi connectivity index (χ1n) is 7.53. The number of benzene rings is 2. The Balaban J connectivity index is 2.21. The number of aryl methyl sites for hydroxylation is 1. The molecule has 0 radical (unpaired) electrons. The number of halogens is 4. The van der Waals surface area contributed by atoms with Crippen molar-refractivity contribution in [1.29, 1.82) is 0 Å². The second kappa shape index (κ2) is 7.43. The molecular formula is C18H13Cl2F2N3O. The summed E-state index contributed by atoms with van der Waals surface area (Å²) in [6.07, 6.45) is -0.984. The summed E-state index contributed by atoms with van der Waals surface area (Å²) in [6.45, 7) is 0. The van der Waals surface area contributed by atoms with Crippen LogP contribution in [-0.2, 0) is 11.8 Å². The molecule has 3 rings (SSSR count). The zero-order valence-corrected chi connectivity index (χ0v) is 15.0. The van der Waals surface area contributed by atoms with E-state index in [2.05, 4.69) is 5.10 Å². The Hall–Kier alpha value is -2.44. The maximum absolute atomic E-state index is 13.3. The molecular weight excluding hydrogens is 383 g/mol. The third-order valence-electron chi connectivity index (χ3n) is 3.79. The van der Waals surface area contributed by atoms with E-state index >= 15 is 0 Å². The van der Waals surface area contributed by atoms with Gasteiger partial charge in [0.15, 0.2) is 5.69 Å². The summed E-state index contributed by atoms with van der Waals surface area (Å²) in [4.78, 5) is 12.9. The number of carbonyl (C=O) groups excluding carboxylic acids is 1. The van der Waals surface area contributed by atoms with Gasteiger partial charge in [-0.15, -0.1) is 0 Å². The van der Waals surface area contributed by atoms with E-state index in [4.69, 9.17) is 23.2 Å². The molecule has 0 aliphatic rings. The highest BCUT2D eigenvalue weighted by Gasteiger charge is 2.25. The van der Waals surface area contributed by atoms with Crippen LogP contribution in [-0.4, -0.2) is 16.2 Å². The molecule has 0 fully saturated rings. The number of hydrogen-bond acceptors (Lipinski definition) is 2. The van der Waals surface area contributed by atoms with Gasteiger partial charge < -0.3 is 0 Å². The van der Waals surface area contributed by atoms with Crippen LogP contribution in [0.1, 0.15) is 12.1 Å². The fraction of sp³-hybridized carbons (Fsp3) is 0.111. The molecule has 0 saturated carbocycles. The predicted molar refractivity (Wildman–Crippen MR) is 98.3 cm³/mol. The molecule has 0 bridgehead atoms. The molecule has 0 N–H and O–H groups in total. The van der Waals surface area contributed by atoms with Crippen LogP contribution in [0.3, 0.4) is 0 Å². The Morgan fingerprint density at radius 2 is 1.85 bits per heavy atom. The van der Waals surface area contributed by atoms with Gasteiger partial charge in [0.1, 0.15) is 0 Å². The summed E-state index contributed by atoms with van der Waals surface area (Å²) in [5.74, 6) is 0. The first-order chi connectivity index (χ1) is 12.4. The molecule has 1 aromatic heterocycles. The van der Waals surface area contributed by atoms with Crippen LogP contribution in [0.4, 0.5) is 20.2 Å². The van der Waals surface area contributed by atoms with E-state index in [1.54, 1.807) is 42.5 Å². The van der Waals surface area contributed by atoms with Crippen molar-refractivity contribution in [2.75, 3.05) is 4.90 Å². The topological polar surface area (TPSA) is 38.1 Å². The Morgan fingerprint density at radius 3 is 2.54 bits per heavy atom. The molecule has 8 heteroatoms. The van der Waals surface area contributed by atoms with E-state index in [0.29, 0.717) is 33.3 Å². The largest absolute Gasteiger partial charge is 0.284 e. The smallest absolute Gasteiger partial charge is 0.279 e. The monoisotopic (exact) mass is 395 g/mol. The molecule has 0 unspecified atom stereocenters. The van der Waals surface area contributed by atoms with Crippen molar-refractivity contribution in [3.8, 4) is 11.1 Å². The summed E-state index contributed by atoms with van der Waals surface area (Å²) in [6, 6.07) is 11.8. The highest BCUT2D eigenvalue weighted by Crippen LogP contribution is 2.40. The average Bonchev–Trinajstić information content (AvgIpc) is 3.00. The number of carbonyl (C=O) groups is 1. The molecule has 1 heterocycles. The van der Waals surface area contributed by atoms with Crippen LogP contribution in [0.2, 0.25) is 10.0 Å². The van der Waals surface area contributed by atoms with Crippen LogP contribution >= 0.6 is 23.2 Å². The molecule has 0 aliphatic heterocycles. The van der Waals surface area contributed by atoms with Crippen molar-refractivity contribution in [2.45, 2.75) is 6.43 Å². The Bertz CT molecular complexity index is 959. The first-order valence-corrected chi connectivity index (χ1v) is 8.28. The lowest BCUT2D eigenvalue weighted by Crippen LogP contribution is -2.16. The highest BCUT2D eigenvalue weighted by atomic mass is 35.5. The van der Waals surface area contributed by atoms with E-state index < -0.39 is 12.1 Å². The SMILES string of the molecule is Cn1cc(N(C=O)c2ccccc2-c2cc(Cl)ccc2Cl)c(C(F)F)n1. The molecule has 26 heavy (non-hydrogen) atoms. The predicted octanol–water partition coefficient (Wildman–Crippen LogP) is 5.63. The van der Waals surface area contributed by atoms with Gasteiger partial charge in [-0.25, -0.2) is 8.78 Å². The average molecular weight is 396 g/mol. The highest BCUT2D eigenvalue weighted by molar-refractivity contribution is 6.35. The van der Waals surface area contributed by atoms with E-state index in [1.165, 1.54) is 17.9 Å². The fourth-order valence-corrected chi connectivity index (χ4v) is 3.08. The maximum Gasteiger partial charge on any atom is 0.284 e. The van der Waals surface area contributed by atoms with Gasteiger partial charge in [0, 0.05) is 34.4 Å². The van der Waals surface area contributed by atoms with E-state index in [0.717, 1.165) is 4.90 Å². The van der Waals surface area contributed by atoms with Gasteiger partial charge in [-0.05, 0) is 24.3 Å². The van der Waals surface area contributed by atoms with Crippen molar-refractivity contribution in [3.05, 3.63) is 64.4 Å². The third-order valence-corrected chi connectivity index (χ3v) is 4.36. The van der Waals surface area contributed by atoms with Crippen LogP contribution in [0.5, 0.6) is 0 Å². The van der Waals surface area contributed by atoms with Crippen LogP contribution in [0.25, 0.3) is 11.1 Å². The lowest BCUT2D eigenvalue weighted by molar-refractivity contribution is -0.106. The van der Waals surface area contributed by atoms with E-state index in [-0.39, 0.29) is 5.69 Å². The molecule has 134 valence electrons. The number of nitrogens with zero attached hydrogens (tertiary/aromatic N) is 3. The summed E-state index contributed by atoms with van der Waals surface area (Å²) in [7, 11) is 1.51. The standard InChI is InChI=1S/C18H13Cl2F2N3O/c1-24-9-16(17(23-24)18(21)22)25(10-26)15-5-3-2-4-12(15)13-8-11(19)6-7-14(13)20/h2-10,18H,1H3. The number of hydrogen-bond donors (Lipinski definition) is 0. The van der Waals surface area contributed by atoms with Gasteiger partial charge in [0.2, 0.25) is 6.41 Å². The minimum atomic E-state index is -2.82. The van der Waals surface area contributed by atoms with Gasteiger partial charge in [-0.3, -0.25) is 14.4 Å². The van der Waals surface area contributed by atoms with Gasteiger partial charge in [0.25, 0.3) is 6.43 Å². The van der Waals surface area contributed by atoms with Crippen LogP contribution < -0.4 is 4.90 Å². The minimum Gasteiger partial charge on any atom is -0.279 e. The second-order valence-corrected chi connectivity index (χ2v) is 6.33. The van der Waals surface area contributed by atoms with Crippen molar-refractivity contribution < 1.29 is 13.6 Å². The molecule has 0 saturated heterocycles. The second-order valence-electron chi connectivity index (χ2n) is 5.49. The van der Waals surface area contributed by atoms with Gasteiger partial charge in [-0.1, -0.05) is 41.4 Å². The molecule has 3 aromatic rings. The Kier molecular flexibility index (Phi) is 5.25. The first kappa shape index (κ1) is 18.4. The van der Waals surface area contributed by atoms with Crippen molar-refractivity contribution in [2.24, 2.45) is 7.05 Å². The molecule has 0 aliphatic carbocycles. The van der Waals surface area contributed by atoms with Gasteiger partial charge >= 0.3 is 0 Å². The molecule has 2 aromatic carbocycles. The molecule has 1 amide bonds. The van der Waals surface area contributed by atoms with E-state index in [9.17, 15) is 13.6 Å². The minimum absolute atomic E-state index is 0.00287. The maximum atomic E-state index is 13.3. The number of alkyl halides is 2. The summed E-state index contributed by atoms with van der Waals surface area (Å²) >= 11 is 12.3. The number of rotatable bonds is 5. The van der Waals surface area contributed by atoms with Crippen molar-refractivity contribution in [1.82, 2.24) is 9.78 Å². The van der Waals surface area contributed by atoms with E-state index in [1.807, 2.05) is 0 Å². The summed E-state index contributed by atoms with van der Waals surface area (Å²) in [5.41, 5.74) is 1.08. The quantitative estimate of drug-likeness (QED) is 0.525. The zero-order chi connectivity index (χ0) is 18.8. The molecule has 0 atom stereocenters. The summed E-state index contributed by atoms with van der Waals surface area (Å²) in [5, 5.41) is 4.65. The number of amides is 1. The van der Waals surface area contributed by atoms with Gasteiger partial charge in [-0.2, -0.15) is 5.10 Å². The molecule has 0 spiro atoms. The Morgan fingerprint density at radius 1 is 1.12 bits per heavy atom. The lowest BCUT2D eigenvalue weighted by Gasteiger charge is -2.21. The third kappa shape index (κ3) is 3.43. The normalized spacial score (nSPS) is 11.0. The summed E-state index contributed by atoms with van der Waals surface area (Å²) < 4.78 is 27.9. The van der Waals surface area contributed by atoms with Crippen molar-refractivity contribution in [3.63, 3.8) is 0 Å². The lowest BCUT2D eigenvalue weighted by atomic mass is 10.0. The number of aromatic nitrogens is 2.